The molecule has 8 heteroatoms. The van der Waals surface area contributed by atoms with E-state index in [9.17, 15) is 9.59 Å². The quantitative estimate of drug-likeness (QED) is 0.729. The lowest BCUT2D eigenvalue weighted by atomic mass is 10.2. The number of morpholine rings is 1. The van der Waals surface area contributed by atoms with Crippen LogP contribution in [0.2, 0.25) is 0 Å². The van der Waals surface area contributed by atoms with Crippen molar-refractivity contribution in [2.24, 2.45) is 5.73 Å². The molecule has 1 aromatic carbocycles. The number of aromatic nitrogens is 2. The van der Waals surface area contributed by atoms with Crippen molar-refractivity contribution >= 4 is 17.5 Å². The topological polar surface area (TPSA) is 111 Å². The number of nitrogens with two attached hydrogens (primary N) is 1. The van der Waals surface area contributed by atoms with Crippen LogP contribution < -0.4 is 16.4 Å². The second-order valence-corrected chi connectivity index (χ2v) is 5.08. The Hall–Kier alpha value is -2.71. The summed E-state index contributed by atoms with van der Waals surface area (Å²) in [6, 6.07) is 8.68. The summed E-state index contributed by atoms with van der Waals surface area (Å²) in [6.45, 7) is 1.71. The number of carbonyl (C=O) groups excluding carboxylic acids is 2. The highest BCUT2D eigenvalue weighted by Gasteiger charge is 2.22. The minimum atomic E-state index is -0.605. The van der Waals surface area contributed by atoms with Gasteiger partial charge >= 0.3 is 0 Å². The first-order chi connectivity index (χ1) is 11.1. The van der Waals surface area contributed by atoms with Gasteiger partial charge in [-0.2, -0.15) is 5.10 Å². The van der Waals surface area contributed by atoms with E-state index in [-0.39, 0.29) is 11.6 Å². The molecule has 1 aliphatic heterocycles. The summed E-state index contributed by atoms with van der Waals surface area (Å²) in [6.07, 6.45) is 1.08. The van der Waals surface area contributed by atoms with Gasteiger partial charge in [-0.1, -0.05) is 12.1 Å². The first-order valence-corrected chi connectivity index (χ1v) is 7.23. The lowest BCUT2D eigenvalue weighted by Crippen LogP contribution is -2.45. The Morgan fingerprint density at radius 1 is 1.35 bits per heavy atom. The van der Waals surface area contributed by atoms with Crippen molar-refractivity contribution in [3.8, 4) is 5.69 Å². The molecule has 23 heavy (non-hydrogen) atoms. The van der Waals surface area contributed by atoms with Gasteiger partial charge in [0, 0.05) is 19.3 Å². The molecule has 1 unspecified atom stereocenters. The molecule has 2 amide bonds. The van der Waals surface area contributed by atoms with Crippen molar-refractivity contribution in [1.82, 2.24) is 15.1 Å². The van der Waals surface area contributed by atoms with Crippen molar-refractivity contribution in [1.29, 1.82) is 0 Å². The van der Waals surface area contributed by atoms with Gasteiger partial charge in [0.15, 0.2) is 0 Å². The molecule has 0 saturated carbocycles. The molecule has 3 rings (SSSR count). The van der Waals surface area contributed by atoms with E-state index in [0.29, 0.717) is 24.5 Å². The van der Waals surface area contributed by atoms with Gasteiger partial charge in [0.05, 0.1) is 18.0 Å². The largest absolute Gasteiger partial charge is 0.366 e. The average Bonchev–Trinajstić information content (AvgIpc) is 3.06. The van der Waals surface area contributed by atoms with Gasteiger partial charge in [-0.3, -0.25) is 9.59 Å². The molecule has 1 saturated heterocycles. The molecule has 1 atom stereocenters. The predicted molar refractivity (Wildman–Crippen MR) is 83.3 cm³/mol. The van der Waals surface area contributed by atoms with Crippen molar-refractivity contribution in [3.05, 3.63) is 42.2 Å². The van der Waals surface area contributed by atoms with Crippen LogP contribution >= 0.6 is 0 Å². The monoisotopic (exact) mass is 315 g/mol. The Bertz CT molecular complexity index is 721. The maximum Gasteiger partial charge on any atom is 0.269 e. The van der Waals surface area contributed by atoms with Crippen LogP contribution in [0, 0.1) is 0 Å². The summed E-state index contributed by atoms with van der Waals surface area (Å²) >= 11 is 0. The Morgan fingerprint density at radius 2 is 2.17 bits per heavy atom. The number of hydrogen-bond acceptors (Lipinski definition) is 5. The van der Waals surface area contributed by atoms with E-state index in [4.69, 9.17) is 10.5 Å². The number of nitrogens with zero attached hydrogens (tertiary/aromatic N) is 2. The minimum absolute atomic E-state index is 0.158. The number of para-hydroxylation sites is 2. The molecule has 1 fully saturated rings. The zero-order chi connectivity index (χ0) is 16.2. The third-order valence-corrected chi connectivity index (χ3v) is 3.47. The lowest BCUT2D eigenvalue weighted by molar-refractivity contribution is -0.128. The number of anilines is 1. The zero-order valence-electron chi connectivity index (χ0n) is 12.4. The summed E-state index contributed by atoms with van der Waals surface area (Å²) in [5.41, 5.74) is 6.58. The van der Waals surface area contributed by atoms with Gasteiger partial charge in [0.1, 0.15) is 11.8 Å². The van der Waals surface area contributed by atoms with Crippen molar-refractivity contribution < 1.29 is 14.3 Å². The second-order valence-electron chi connectivity index (χ2n) is 5.08. The number of carbonyl (C=O) groups is 2. The average molecular weight is 315 g/mol. The van der Waals surface area contributed by atoms with Crippen molar-refractivity contribution in [2.45, 2.75) is 6.10 Å². The van der Waals surface area contributed by atoms with Gasteiger partial charge in [-0.15, -0.1) is 0 Å². The molecule has 4 N–H and O–H groups in total. The van der Waals surface area contributed by atoms with Crippen LogP contribution in [0.5, 0.6) is 0 Å². The van der Waals surface area contributed by atoms with Crippen molar-refractivity contribution in [3.63, 3.8) is 0 Å². The maximum atomic E-state index is 12.3. The van der Waals surface area contributed by atoms with Gasteiger partial charge in [0.25, 0.3) is 11.8 Å². The van der Waals surface area contributed by atoms with E-state index >= 15 is 0 Å². The Labute approximate surface area is 132 Å². The Balaban J connectivity index is 1.82. The molecule has 0 spiro atoms. The van der Waals surface area contributed by atoms with Crippen LogP contribution in [-0.4, -0.2) is 47.4 Å². The highest BCUT2D eigenvalue weighted by Crippen LogP contribution is 2.20. The number of benzene rings is 1. The molecular weight excluding hydrogens is 298 g/mol. The van der Waals surface area contributed by atoms with E-state index in [2.05, 4.69) is 15.7 Å². The van der Waals surface area contributed by atoms with E-state index in [0.717, 1.165) is 6.54 Å². The highest BCUT2D eigenvalue weighted by molar-refractivity contribution is 5.96. The standard InChI is InChI=1S/C15H17N5O3/c16-14(21)11-5-7-20(19-11)12-4-2-1-3-10(12)18-15(22)13-9-17-6-8-23-13/h1-5,7,13,17H,6,8-9H2,(H2,16,21)(H,18,22). The van der Waals surface area contributed by atoms with Crippen LogP contribution in [0.1, 0.15) is 10.5 Å². The first kappa shape index (κ1) is 15.2. The molecular formula is C15H17N5O3. The summed E-state index contributed by atoms with van der Waals surface area (Å²) in [5.74, 6) is -0.834. The van der Waals surface area contributed by atoms with Gasteiger partial charge in [-0.05, 0) is 18.2 Å². The number of hydrogen-bond donors (Lipinski definition) is 3. The fourth-order valence-corrected chi connectivity index (χ4v) is 2.32. The van der Waals surface area contributed by atoms with Crippen LogP contribution in [0.25, 0.3) is 5.69 Å². The predicted octanol–water partition coefficient (Wildman–Crippen LogP) is -0.102. The zero-order valence-corrected chi connectivity index (χ0v) is 12.4. The van der Waals surface area contributed by atoms with Gasteiger partial charge in [0.2, 0.25) is 0 Å². The van der Waals surface area contributed by atoms with Crippen LogP contribution in [0.3, 0.4) is 0 Å². The van der Waals surface area contributed by atoms with Gasteiger partial charge < -0.3 is 21.1 Å². The maximum absolute atomic E-state index is 12.3. The fourth-order valence-electron chi connectivity index (χ4n) is 2.32. The Kier molecular flexibility index (Phi) is 4.35. The van der Waals surface area contributed by atoms with E-state index in [1.807, 2.05) is 6.07 Å². The van der Waals surface area contributed by atoms with E-state index in [1.165, 1.54) is 10.7 Å². The number of amides is 2. The van der Waals surface area contributed by atoms with Crippen LogP contribution in [-0.2, 0) is 9.53 Å². The molecule has 0 aliphatic carbocycles. The SMILES string of the molecule is NC(=O)c1ccn(-c2ccccc2NC(=O)C2CNCCO2)n1. The summed E-state index contributed by atoms with van der Waals surface area (Å²) in [5, 5.41) is 10.1. The molecule has 2 heterocycles. The fraction of sp³-hybridized carbons (Fsp3) is 0.267. The van der Waals surface area contributed by atoms with E-state index < -0.39 is 12.0 Å². The smallest absolute Gasteiger partial charge is 0.269 e. The molecule has 0 radical (unpaired) electrons. The van der Waals surface area contributed by atoms with Crippen LogP contribution in [0.4, 0.5) is 5.69 Å². The number of ether oxygens (including phenoxy) is 1. The first-order valence-electron chi connectivity index (χ1n) is 7.23. The summed E-state index contributed by atoms with van der Waals surface area (Å²) < 4.78 is 6.93. The number of primary amides is 1. The lowest BCUT2D eigenvalue weighted by Gasteiger charge is -2.23. The van der Waals surface area contributed by atoms with E-state index in [1.54, 1.807) is 24.4 Å². The second kappa shape index (κ2) is 6.59. The molecule has 0 bridgehead atoms. The summed E-state index contributed by atoms with van der Waals surface area (Å²) in [7, 11) is 0. The highest BCUT2D eigenvalue weighted by atomic mass is 16.5. The third kappa shape index (κ3) is 3.38. The molecule has 120 valence electrons. The third-order valence-electron chi connectivity index (χ3n) is 3.47. The normalized spacial score (nSPS) is 17.7. The molecule has 1 aromatic heterocycles. The molecule has 2 aromatic rings. The summed E-state index contributed by atoms with van der Waals surface area (Å²) in [4.78, 5) is 23.5. The van der Waals surface area contributed by atoms with Gasteiger partial charge in [-0.25, -0.2) is 4.68 Å². The minimum Gasteiger partial charge on any atom is -0.366 e. The molecule has 8 nitrogen and oxygen atoms in total. The number of nitrogens with one attached hydrogen (secondary N) is 2. The molecule has 1 aliphatic rings. The van der Waals surface area contributed by atoms with Crippen molar-refractivity contribution in [2.75, 3.05) is 25.0 Å². The Morgan fingerprint density at radius 3 is 2.87 bits per heavy atom. The number of rotatable bonds is 4. The van der Waals surface area contributed by atoms with Crippen LogP contribution in [0.15, 0.2) is 36.5 Å².